The average molecular weight is 257 g/mol. The highest BCUT2D eigenvalue weighted by molar-refractivity contribution is 5.85. The van der Waals surface area contributed by atoms with E-state index in [1.807, 2.05) is 0 Å². The van der Waals surface area contributed by atoms with Gasteiger partial charge in [0.05, 0.1) is 0 Å². The van der Waals surface area contributed by atoms with Gasteiger partial charge in [0.25, 0.3) is 0 Å². The molecule has 0 heterocycles. The van der Waals surface area contributed by atoms with Crippen LogP contribution in [-0.4, -0.2) is 19.0 Å². The fourth-order valence-electron chi connectivity index (χ4n) is 1.50. The van der Waals surface area contributed by atoms with Crippen LogP contribution in [0.25, 0.3) is 0 Å². The maximum absolute atomic E-state index is 11.3. The summed E-state index contributed by atoms with van der Waals surface area (Å²) in [4.78, 5) is 11.3. The molecule has 1 aromatic rings. The van der Waals surface area contributed by atoms with Gasteiger partial charge in [-0.1, -0.05) is 31.2 Å². The van der Waals surface area contributed by atoms with Gasteiger partial charge in [-0.25, -0.2) is 0 Å². The normalized spacial score (nSPS) is 9.53. The Bertz CT molecular complexity index is 325. The molecule has 0 atom stereocenters. The molecule has 0 spiro atoms. The molecule has 0 aromatic heterocycles. The van der Waals surface area contributed by atoms with Gasteiger partial charge in [0.15, 0.2) is 0 Å². The lowest BCUT2D eigenvalue weighted by Gasteiger charge is -2.04. The van der Waals surface area contributed by atoms with Crippen LogP contribution in [0.1, 0.15) is 24.5 Å². The molecule has 96 valence electrons. The summed E-state index contributed by atoms with van der Waals surface area (Å²) in [5.74, 6) is 0.0741. The second-order valence-corrected chi connectivity index (χ2v) is 3.81. The molecule has 0 fully saturated rings. The molecule has 0 unspecified atom stereocenters. The van der Waals surface area contributed by atoms with Gasteiger partial charge in [-0.3, -0.25) is 4.79 Å². The Morgan fingerprint density at radius 3 is 2.35 bits per heavy atom. The second kappa shape index (κ2) is 9.02. The molecule has 0 saturated carbocycles. The zero-order chi connectivity index (χ0) is 11.8. The van der Waals surface area contributed by atoms with Crippen LogP contribution in [-0.2, 0) is 17.6 Å². The average Bonchev–Trinajstić information content (AvgIpc) is 2.34. The lowest BCUT2D eigenvalue weighted by Crippen LogP contribution is -2.29. The predicted octanol–water partition coefficient (Wildman–Crippen LogP) is 1.68. The van der Waals surface area contributed by atoms with Crippen molar-refractivity contribution in [1.82, 2.24) is 5.32 Å². The molecule has 3 N–H and O–H groups in total. The van der Waals surface area contributed by atoms with E-state index in [1.165, 1.54) is 11.1 Å². The van der Waals surface area contributed by atoms with Gasteiger partial charge in [-0.15, -0.1) is 12.4 Å². The fraction of sp³-hybridized carbons (Fsp3) is 0.462. The minimum absolute atomic E-state index is 0. The molecule has 1 rings (SSSR count). The van der Waals surface area contributed by atoms with E-state index in [2.05, 4.69) is 36.5 Å². The first-order chi connectivity index (χ1) is 7.76. The van der Waals surface area contributed by atoms with Crippen LogP contribution >= 0.6 is 12.4 Å². The van der Waals surface area contributed by atoms with E-state index < -0.39 is 0 Å². The first kappa shape index (κ1) is 15.9. The van der Waals surface area contributed by atoms with Crippen LogP contribution in [0.3, 0.4) is 0 Å². The van der Waals surface area contributed by atoms with Crippen LogP contribution < -0.4 is 11.1 Å². The summed E-state index contributed by atoms with van der Waals surface area (Å²) in [7, 11) is 0. The van der Waals surface area contributed by atoms with Crippen molar-refractivity contribution in [2.24, 2.45) is 5.73 Å². The van der Waals surface area contributed by atoms with Crippen molar-refractivity contribution in [3.8, 4) is 0 Å². The zero-order valence-corrected chi connectivity index (χ0v) is 11.1. The topological polar surface area (TPSA) is 55.1 Å². The lowest BCUT2D eigenvalue weighted by atomic mass is 10.1. The van der Waals surface area contributed by atoms with E-state index >= 15 is 0 Å². The van der Waals surface area contributed by atoms with Crippen LogP contribution in [0.15, 0.2) is 24.3 Å². The summed E-state index contributed by atoms with van der Waals surface area (Å²) in [6.45, 7) is 3.19. The van der Waals surface area contributed by atoms with E-state index in [1.54, 1.807) is 0 Å². The molecule has 0 aliphatic rings. The van der Waals surface area contributed by atoms with Gasteiger partial charge in [0, 0.05) is 19.5 Å². The summed E-state index contributed by atoms with van der Waals surface area (Å²) in [5, 5.41) is 2.76. The van der Waals surface area contributed by atoms with Gasteiger partial charge < -0.3 is 11.1 Å². The molecular weight excluding hydrogens is 236 g/mol. The number of aryl methyl sites for hydroxylation is 2. The highest BCUT2D eigenvalue weighted by Crippen LogP contribution is 2.07. The molecule has 3 nitrogen and oxygen atoms in total. The molecule has 0 bridgehead atoms. The maximum atomic E-state index is 11.3. The van der Waals surface area contributed by atoms with Gasteiger partial charge >= 0.3 is 0 Å². The van der Waals surface area contributed by atoms with Gasteiger partial charge in [0.1, 0.15) is 0 Å². The minimum atomic E-state index is 0. The highest BCUT2D eigenvalue weighted by atomic mass is 35.5. The molecule has 0 aliphatic heterocycles. The number of carbonyl (C=O) groups excluding carboxylic acids is 1. The third-order valence-corrected chi connectivity index (χ3v) is 2.54. The number of nitrogens with one attached hydrogen (secondary N) is 1. The highest BCUT2D eigenvalue weighted by Gasteiger charge is 2.01. The minimum Gasteiger partial charge on any atom is -0.355 e. The Hall–Kier alpha value is -1.06. The SMILES string of the molecule is CCc1ccc(CCC(=O)NCCN)cc1.Cl. The van der Waals surface area contributed by atoms with Gasteiger partial charge in [0.2, 0.25) is 5.91 Å². The molecule has 4 heteroatoms. The molecule has 17 heavy (non-hydrogen) atoms. The van der Waals surface area contributed by atoms with Crippen molar-refractivity contribution >= 4 is 18.3 Å². The van der Waals surface area contributed by atoms with Gasteiger partial charge in [-0.05, 0) is 24.0 Å². The molecule has 0 radical (unpaired) electrons. The molecular formula is C13H21ClN2O. The summed E-state index contributed by atoms with van der Waals surface area (Å²) in [6.07, 6.45) is 2.38. The Morgan fingerprint density at radius 1 is 1.24 bits per heavy atom. The second-order valence-electron chi connectivity index (χ2n) is 3.81. The molecule has 0 aliphatic carbocycles. The Morgan fingerprint density at radius 2 is 1.82 bits per heavy atom. The largest absolute Gasteiger partial charge is 0.355 e. The molecule has 0 saturated heterocycles. The van der Waals surface area contributed by atoms with Crippen molar-refractivity contribution in [1.29, 1.82) is 0 Å². The van der Waals surface area contributed by atoms with Crippen LogP contribution in [0.5, 0.6) is 0 Å². The van der Waals surface area contributed by atoms with Crippen LogP contribution in [0.4, 0.5) is 0 Å². The maximum Gasteiger partial charge on any atom is 0.220 e. The number of carbonyl (C=O) groups is 1. The predicted molar refractivity (Wildman–Crippen MR) is 73.5 cm³/mol. The monoisotopic (exact) mass is 256 g/mol. The number of halogens is 1. The Kier molecular flexibility index (Phi) is 8.46. The summed E-state index contributed by atoms with van der Waals surface area (Å²) >= 11 is 0. The van der Waals surface area contributed by atoms with Crippen LogP contribution in [0.2, 0.25) is 0 Å². The number of benzene rings is 1. The molecule has 1 aromatic carbocycles. The van der Waals surface area contributed by atoms with Crippen molar-refractivity contribution in [3.05, 3.63) is 35.4 Å². The first-order valence-corrected chi connectivity index (χ1v) is 5.81. The lowest BCUT2D eigenvalue weighted by molar-refractivity contribution is -0.120. The summed E-state index contributed by atoms with van der Waals surface area (Å²) < 4.78 is 0. The van der Waals surface area contributed by atoms with Crippen LogP contribution in [0, 0.1) is 0 Å². The number of amides is 1. The van der Waals surface area contributed by atoms with Crippen molar-refractivity contribution in [2.75, 3.05) is 13.1 Å². The van der Waals surface area contributed by atoms with E-state index in [-0.39, 0.29) is 18.3 Å². The Balaban J connectivity index is 0.00000256. The fourth-order valence-corrected chi connectivity index (χ4v) is 1.50. The smallest absolute Gasteiger partial charge is 0.220 e. The molecule has 1 amide bonds. The summed E-state index contributed by atoms with van der Waals surface area (Å²) in [5.41, 5.74) is 7.84. The number of hydrogen-bond acceptors (Lipinski definition) is 2. The zero-order valence-electron chi connectivity index (χ0n) is 10.2. The number of rotatable bonds is 6. The Labute approximate surface area is 109 Å². The van der Waals surface area contributed by atoms with Crippen molar-refractivity contribution in [3.63, 3.8) is 0 Å². The van der Waals surface area contributed by atoms with Crippen molar-refractivity contribution in [2.45, 2.75) is 26.2 Å². The number of hydrogen-bond donors (Lipinski definition) is 2. The third kappa shape index (κ3) is 6.29. The van der Waals surface area contributed by atoms with E-state index in [9.17, 15) is 4.79 Å². The quantitative estimate of drug-likeness (QED) is 0.814. The van der Waals surface area contributed by atoms with Gasteiger partial charge in [-0.2, -0.15) is 0 Å². The standard InChI is InChI=1S/C13H20N2O.ClH/c1-2-11-3-5-12(6-4-11)7-8-13(16)15-10-9-14;/h3-6H,2,7-10,14H2,1H3,(H,15,16);1H. The van der Waals surface area contributed by atoms with Crippen molar-refractivity contribution < 1.29 is 4.79 Å². The summed E-state index contributed by atoms with van der Waals surface area (Å²) in [6, 6.07) is 8.42. The first-order valence-electron chi connectivity index (χ1n) is 5.81. The third-order valence-electron chi connectivity index (χ3n) is 2.54. The number of nitrogens with two attached hydrogens (primary N) is 1. The van der Waals surface area contributed by atoms with E-state index in [0.717, 1.165) is 12.8 Å². The van der Waals surface area contributed by atoms with E-state index in [4.69, 9.17) is 5.73 Å². The van der Waals surface area contributed by atoms with E-state index in [0.29, 0.717) is 19.5 Å².